The maximum absolute atomic E-state index is 13.1. The monoisotopic (exact) mass is 318 g/mol. The molecule has 0 bridgehead atoms. The highest BCUT2D eigenvalue weighted by molar-refractivity contribution is 5.45. The van der Waals surface area contributed by atoms with E-state index in [1.807, 2.05) is 0 Å². The summed E-state index contributed by atoms with van der Waals surface area (Å²) >= 11 is 0. The van der Waals surface area contributed by atoms with Gasteiger partial charge in [0.15, 0.2) is 5.60 Å². The summed E-state index contributed by atoms with van der Waals surface area (Å²) in [6, 6.07) is 0. The fourth-order valence-corrected chi connectivity index (χ4v) is 2.73. The molecule has 0 saturated heterocycles. The number of hydrogen-bond donors (Lipinski definition) is 3. The molecule has 0 radical (unpaired) electrons. The zero-order valence-electron chi connectivity index (χ0n) is 13.0. The molecule has 0 heterocycles. The Kier molecular flexibility index (Phi) is 5.18. The third-order valence-corrected chi connectivity index (χ3v) is 4.11. The molecule has 0 spiro atoms. The Morgan fingerprint density at radius 1 is 1.41 bits per heavy atom. The number of allylic oxidation sites excluding steroid dienone is 1. The van der Waals surface area contributed by atoms with Gasteiger partial charge < -0.3 is 15.3 Å². The highest BCUT2D eigenvalue weighted by Crippen LogP contribution is 2.50. The first-order valence-corrected chi connectivity index (χ1v) is 6.86. The molecule has 0 aromatic heterocycles. The van der Waals surface area contributed by atoms with Crippen LogP contribution in [0.15, 0.2) is 22.8 Å². The molecule has 124 valence electrons. The Morgan fingerprint density at radius 3 is 2.41 bits per heavy atom. The van der Waals surface area contributed by atoms with Gasteiger partial charge in [-0.1, -0.05) is 25.7 Å². The first-order valence-electron chi connectivity index (χ1n) is 6.86. The molecule has 1 aliphatic rings. The molecule has 0 saturated carbocycles. The molecule has 1 aliphatic carbocycles. The second-order valence-electron chi connectivity index (χ2n) is 6.17. The Labute approximate surface area is 128 Å². The van der Waals surface area contributed by atoms with Gasteiger partial charge in [-0.3, -0.25) is 0 Å². The number of rotatable bonds is 1. The number of hydrogen-bond acceptors (Lipinski definition) is 3. The van der Waals surface area contributed by atoms with Gasteiger partial charge in [-0.25, -0.2) is 0 Å². The summed E-state index contributed by atoms with van der Waals surface area (Å²) in [4.78, 5) is 0. The minimum absolute atomic E-state index is 0.246. The van der Waals surface area contributed by atoms with Crippen LogP contribution < -0.4 is 0 Å². The lowest BCUT2D eigenvalue weighted by molar-refractivity contribution is -0.124. The van der Waals surface area contributed by atoms with E-state index in [9.17, 15) is 23.4 Å². The van der Waals surface area contributed by atoms with Crippen molar-refractivity contribution >= 4 is 0 Å². The van der Waals surface area contributed by atoms with E-state index in [2.05, 4.69) is 11.8 Å². The molecule has 0 amide bonds. The van der Waals surface area contributed by atoms with Crippen molar-refractivity contribution in [3.63, 3.8) is 0 Å². The fraction of sp³-hybridized carbons (Fsp3) is 0.625. The third kappa shape index (κ3) is 3.37. The van der Waals surface area contributed by atoms with E-state index in [0.29, 0.717) is 5.57 Å². The largest absolute Gasteiger partial charge is 0.415 e. The van der Waals surface area contributed by atoms with Gasteiger partial charge in [-0.15, -0.1) is 0 Å². The van der Waals surface area contributed by atoms with Gasteiger partial charge in [0.2, 0.25) is 0 Å². The molecule has 2 atom stereocenters. The van der Waals surface area contributed by atoms with Crippen molar-refractivity contribution in [1.82, 2.24) is 0 Å². The van der Waals surface area contributed by atoms with Crippen LogP contribution in [0.5, 0.6) is 0 Å². The summed E-state index contributed by atoms with van der Waals surface area (Å²) in [5.74, 6) is 5.09. The van der Waals surface area contributed by atoms with Crippen LogP contribution in [0.2, 0.25) is 0 Å². The maximum atomic E-state index is 13.1. The van der Waals surface area contributed by atoms with Crippen LogP contribution >= 0.6 is 0 Å². The van der Waals surface area contributed by atoms with Crippen LogP contribution in [0.3, 0.4) is 0 Å². The van der Waals surface area contributed by atoms with Crippen LogP contribution in [0.1, 0.15) is 34.1 Å². The summed E-state index contributed by atoms with van der Waals surface area (Å²) in [7, 11) is 0. The Bertz CT molecular complexity index is 561. The van der Waals surface area contributed by atoms with Crippen molar-refractivity contribution in [2.24, 2.45) is 5.41 Å². The summed E-state index contributed by atoms with van der Waals surface area (Å²) in [5.41, 5.74) is -4.14. The van der Waals surface area contributed by atoms with Crippen LogP contribution in [0.4, 0.5) is 13.2 Å². The van der Waals surface area contributed by atoms with E-state index in [-0.39, 0.29) is 18.6 Å². The molecule has 0 aliphatic heterocycles. The summed E-state index contributed by atoms with van der Waals surface area (Å²) < 4.78 is 39.4. The molecule has 1 rings (SSSR count). The standard InChI is InChI=1S/C16H21F3O3/c1-10(6-8-20)5-7-15(22)11(2)13(16(17,18)19)12(21)9-14(15,3)4/h6,12,20-22H,8-9H2,1-4H3. The lowest BCUT2D eigenvalue weighted by atomic mass is 9.62. The number of aliphatic hydroxyl groups excluding tert-OH is 2. The van der Waals surface area contributed by atoms with E-state index >= 15 is 0 Å². The number of alkyl halides is 3. The highest BCUT2D eigenvalue weighted by atomic mass is 19.4. The Balaban J connectivity index is 3.52. The quantitative estimate of drug-likeness (QED) is 0.514. The number of aliphatic hydroxyl groups is 3. The number of halogens is 3. The van der Waals surface area contributed by atoms with Gasteiger partial charge in [0.25, 0.3) is 0 Å². The second-order valence-corrected chi connectivity index (χ2v) is 6.17. The summed E-state index contributed by atoms with van der Waals surface area (Å²) in [6.07, 6.45) is -5.28. The maximum Gasteiger partial charge on any atom is 0.415 e. The van der Waals surface area contributed by atoms with Gasteiger partial charge >= 0.3 is 6.18 Å². The van der Waals surface area contributed by atoms with Gasteiger partial charge in [0, 0.05) is 5.41 Å². The molecule has 3 nitrogen and oxygen atoms in total. The predicted octanol–water partition coefficient (Wildman–Crippen LogP) is 2.33. The molecular weight excluding hydrogens is 297 g/mol. The average Bonchev–Trinajstić information content (AvgIpc) is 2.32. The van der Waals surface area contributed by atoms with E-state index in [1.165, 1.54) is 6.08 Å². The molecule has 3 N–H and O–H groups in total. The third-order valence-electron chi connectivity index (χ3n) is 4.11. The van der Waals surface area contributed by atoms with Crippen molar-refractivity contribution in [3.8, 4) is 11.8 Å². The Morgan fingerprint density at radius 2 is 1.95 bits per heavy atom. The molecule has 0 fully saturated rings. The minimum Gasteiger partial charge on any atom is -0.392 e. The molecular formula is C16H21F3O3. The van der Waals surface area contributed by atoms with Gasteiger partial charge in [0.05, 0.1) is 18.3 Å². The van der Waals surface area contributed by atoms with Crippen molar-refractivity contribution < 1.29 is 28.5 Å². The van der Waals surface area contributed by atoms with Gasteiger partial charge in [-0.2, -0.15) is 13.2 Å². The lowest BCUT2D eigenvalue weighted by Crippen LogP contribution is -2.52. The van der Waals surface area contributed by atoms with E-state index < -0.39 is 28.9 Å². The Hall–Kier alpha value is -1.29. The van der Waals surface area contributed by atoms with Crippen LogP contribution in [-0.2, 0) is 0 Å². The first-order chi connectivity index (χ1) is 9.87. The normalized spacial score (nSPS) is 29.2. The van der Waals surface area contributed by atoms with Gasteiger partial charge in [0.1, 0.15) is 0 Å². The lowest BCUT2D eigenvalue weighted by Gasteiger charge is -2.46. The average molecular weight is 318 g/mol. The molecule has 0 aromatic carbocycles. The minimum atomic E-state index is -4.73. The van der Waals surface area contributed by atoms with Crippen molar-refractivity contribution in [1.29, 1.82) is 0 Å². The predicted molar refractivity (Wildman–Crippen MR) is 76.7 cm³/mol. The van der Waals surface area contributed by atoms with Crippen LogP contribution in [-0.4, -0.2) is 39.8 Å². The smallest absolute Gasteiger partial charge is 0.392 e. The zero-order chi connectivity index (χ0) is 17.3. The van der Waals surface area contributed by atoms with E-state index in [0.717, 1.165) is 6.92 Å². The van der Waals surface area contributed by atoms with Gasteiger partial charge in [-0.05, 0) is 37.5 Å². The van der Waals surface area contributed by atoms with Crippen molar-refractivity contribution in [2.45, 2.75) is 52.0 Å². The van der Waals surface area contributed by atoms with E-state index in [4.69, 9.17) is 5.11 Å². The highest BCUT2D eigenvalue weighted by Gasteiger charge is 2.55. The fourth-order valence-electron chi connectivity index (χ4n) is 2.73. The summed E-state index contributed by atoms with van der Waals surface area (Å²) in [5, 5.41) is 29.4. The molecule has 0 aromatic rings. The summed E-state index contributed by atoms with van der Waals surface area (Å²) in [6.45, 7) is 5.61. The topological polar surface area (TPSA) is 60.7 Å². The zero-order valence-corrected chi connectivity index (χ0v) is 13.0. The SMILES string of the molecule is CC(C#CC1(O)C(C)=C(C(F)(F)F)C(O)CC1(C)C)=CCO. The molecule has 2 unspecified atom stereocenters. The van der Waals surface area contributed by atoms with Crippen molar-refractivity contribution in [2.75, 3.05) is 6.61 Å². The van der Waals surface area contributed by atoms with Crippen LogP contribution in [0, 0.1) is 17.3 Å². The first kappa shape index (κ1) is 18.8. The molecule has 6 heteroatoms. The van der Waals surface area contributed by atoms with Crippen molar-refractivity contribution in [3.05, 3.63) is 22.8 Å². The molecule has 22 heavy (non-hydrogen) atoms. The second kappa shape index (κ2) is 6.07. The van der Waals surface area contributed by atoms with Crippen LogP contribution in [0.25, 0.3) is 0 Å². The van der Waals surface area contributed by atoms with E-state index in [1.54, 1.807) is 20.8 Å².